The van der Waals surface area contributed by atoms with Crippen molar-refractivity contribution < 1.29 is 34.2 Å². The minimum Gasteiger partial charge on any atom is -0.480 e. The zero-order valence-corrected chi connectivity index (χ0v) is 20.9. The van der Waals surface area contributed by atoms with Crippen LogP contribution < -0.4 is 38.9 Å². The van der Waals surface area contributed by atoms with E-state index in [9.17, 15) is 34.2 Å². The fraction of sp³-hybridized carbons (Fsp3) is 0.714. The summed E-state index contributed by atoms with van der Waals surface area (Å²) in [6, 6.07) is -5.04. The maximum atomic E-state index is 13.0. The van der Waals surface area contributed by atoms with Crippen molar-refractivity contribution in [2.75, 3.05) is 6.54 Å². The van der Waals surface area contributed by atoms with E-state index in [4.69, 9.17) is 22.9 Å². The molecule has 0 aliphatic rings. The van der Waals surface area contributed by atoms with Crippen molar-refractivity contribution in [2.24, 2.45) is 33.8 Å². The number of hydrogen-bond acceptors (Lipinski definition) is 8. The van der Waals surface area contributed by atoms with Gasteiger partial charge in [0.1, 0.15) is 24.2 Å². The summed E-state index contributed by atoms with van der Waals surface area (Å²) in [6.07, 6.45) is -0.876. The van der Waals surface area contributed by atoms with E-state index in [-0.39, 0.29) is 38.2 Å². The molecule has 0 aromatic rings. The molecule has 0 aromatic carbocycles. The molecule has 0 rings (SSSR count). The van der Waals surface area contributed by atoms with Crippen LogP contribution in [0.2, 0.25) is 0 Å². The van der Waals surface area contributed by atoms with E-state index in [2.05, 4.69) is 20.9 Å². The quantitative estimate of drug-likeness (QED) is 0.0524. The molecule has 0 bridgehead atoms. The van der Waals surface area contributed by atoms with Gasteiger partial charge in [-0.1, -0.05) is 20.3 Å². The second-order valence-electron chi connectivity index (χ2n) is 8.55. The molecular formula is C21H40N8O7. The van der Waals surface area contributed by atoms with E-state index in [1.165, 1.54) is 6.92 Å². The number of nitrogens with two attached hydrogens (primary N) is 4. The molecule has 0 saturated carbocycles. The number of nitrogens with one attached hydrogen (secondary N) is 3. The lowest BCUT2D eigenvalue weighted by Gasteiger charge is -2.28. The highest BCUT2D eigenvalue weighted by Crippen LogP contribution is 2.11. The highest BCUT2D eigenvalue weighted by molar-refractivity contribution is 5.94. The number of aliphatic hydroxyl groups is 1. The number of carboxylic acids is 1. The van der Waals surface area contributed by atoms with Gasteiger partial charge < -0.3 is 49.1 Å². The number of primary amides is 1. The molecule has 4 amide bonds. The van der Waals surface area contributed by atoms with Crippen LogP contribution in [0.15, 0.2) is 4.99 Å². The van der Waals surface area contributed by atoms with Gasteiger partial charge in [-0.05, 0) is 32.1 Å². The van der Waals surface area contributed by atoms with E-state index in [1.54, 1.807) is 13.8 Å². The number of carbonyl (C=O) groups is 5. The SMILES string of the molecule is CCC(C)C(NC(=O)C(CCC(N)=O)NC(=O)C(N)C(C)O)C(=O)NC(CCCN=C(N)N)C(=O)O. The second kappa shape index (κ2) is 16.3. The van der Waals surface area contributed by atoms with Crippen molar-refractivity contribution in [1.29, 1.82) is 0 Å². The lowest BCUT2D eigenvalue weighted by Crippen LogP contribution is -2.59. The van der Waals surface area contributed by atoms with Gasteiger partial charge in [0.2, 0.25) is 23.6 Å². The molecule has 13 N–H and O–H groups in total. The second-order valence-corrected chi connectivity index (χ2v) is 8.55. The van der Waals surface area contributed by atoms with Crippen molar-refractivity contribution in [3.8, 4) is 0 Å². The summed E-state index contributed by atoms with van der Waals surface area (Å²) in [5.74, 6) is -4.94. The first kappa shape index (κ1) is 32.5. The standard InChI is InChI=1S/C21H40N8O7/c1-4-10(2)16(19(34)28-13(20(35)36)6-5-9-26-21(24)25)29-17(32)12(7-8-14(22)31)27-18(33)15(23)11(3)30/h10-13,15-16,30H,4-9,23H2,1-3H3,(H2,22,31)(H,27,33)(H,28,34)(H,29,32)(H,35,36)(H4,24,25,26). The van der Waals surface area contributed by atoms with Crippen molar-refractivity contribution >= 4 is 35.6 Å². The van der Waals surface area contributed by atoms with E-state index in [0.29, 0.717) is 6.42 Å². The number of hydrogen-bond donors (Lipinski definition) is 9. The Labute approximate surface area is 209 Å². The molecule has 0 aromatic heterocycles. The maximum Gasteiger partial charge on any atom is 0.326 e. The molecule has 0 heterocycles. The average molecular weight is 517 g/mol. The highest BCUT2D eigenvalue weighted by atomic mass is 16.4. The Kier molecular flexibility index (Phi) is 14.7. The van der Waals surface area contributed by atoms with Crippen LogP contribution in [0.4, 0.5) is 0 Å². The molecule has 6 atom stereocenters. The predicted octanol–water partition coefficient (Wildman–Crippen LogP) is -3.40. The van der Waals surface area contributed by atoms with Crippen LogP contribution in [0.5, 0.6) is 0 Å². The molecule has 0 spiro atoms. The van der Waals surface area contributed by atoms with E-state index < -0.39 is 65.8 Å². The topological polar surface area (TPSA) is 278 Å². The van der Waals surface area contributed by atoms with Crippen LogP contribution in [0, 0.1) is 5.92 Å². The fourth-order valence-electron chi connectivity index (χ4n) is 3.02. The normalized spacial score (nSPS) is 15.8. The Morgan fingerprint density at radius 3 is 1.94 bits per heavy atom. The molecule has 0 saturated heterocycles. The van der Waals surface area contributed by atoms with E-state index in [0.717, 1.165) is 0 Å². The number of aliphatic hydroxyl groups excluding tert-OH is 1. The number of aliphatic carboxylic acids is 1. The van der Waals surface area contributed by atoms with Gasteiger partial charge in [-0.15, -0.1) is 0 Å². The van der Waals surface area contributed by atoms with Crippen molar-refractivity contribution in [3.63, 3.8) is 0 Å². The smallest absolute Gasteiger partial charge is 0.326 e. The molecular weight excluding hydrogens is 476 g/mol. The first-order chi connectivity index (χ1) is 16.7. The first-order valence-electron chi connectivity index (χ1n) is 11.6. The van der Waals surface area contributed by atoms with Crippen molar-refractivity contribution in [1.82, 2.24) is 16.0 Å². The van der Waals surface area contributed by atoms with Crippen LogP contribution in [-0.2, 0) is 24.0 Å². The number of carbonyl (C=O) groups excluding carboxylic acids is 4. The zero-order chi connectivity index (χ0) is 28.0. The fourth-order valence-corrected chi connectivity index (χ4v) is 3.02. The molecule has 6 unspecified atom stereocenters. The minimum absolute atomic E-state index is 0.0353. The number of nitrogens with zero attached hydrogens (tertiary/aromatic N) is 1. The highest BCUT2D eigenvalue weighted by Gasteiger charge is 2.33. The summed E-state index contributed by atoms with van der Waals surface area (Å²) < 4.78 is 0. The Balaban J connectivity index is 5.57. The van der Waals surface area contributed by atoms with Gasteiger partial charge >= 0.3 is 5.97 Å². The number of rotatable bonds is 17. The number of amides is 4. The molecule has 0 radical (unpaired) electrons. The number of carboxylic acid groups (broad SMARTS) is 1. The lowest BCUT2D eigenvalue weighted by molar-refractivity contribution is -0.143. The molecule has 206 valence electrons. The molecule has 0 fully saturated rings. The van der Waals surface area contributed by atoms with Gasteiger partial charge in [-0.3, -0.25) is 24.2 Å². The first-order valence-corrected chi connectivity index (χ1v) is 11.6. The summed E-state index contributed by atoms with van der Waals surface area (Å²) in [7, 11) is 0. The molecule has 15 heteroatoms. The maximum absolute atomic E-state index is 13.0. The monoisotopic (exact) mass is 516 g/mol. The Bertz CT molecular complexity index is 801. The van der Waals surface area contributed by atoms with Gasteiger partial charge in [0.25, 0.3) is 0 Å². The van der Waals surface area contributed by atoms with E-state index in [1.807, 2.05) is 0 Å². The van der Waals surface area contributed by atoms with Gasteiger partial charge in [0.15, 0.2) is 5.96 Å². The van der Waals surface area contributed by atoms with Crippen LogP contribution >= 0.6 is 0 Å². The third kappa shape index (κ3) is 12.3. The lowest BCUT2D eigenvalue weighted by atomic mass is 9.96. The number of aliphatic imine (C=N–C) groups is 1. The zero-order valence-electron chi connectivity index (χ0n) is 20.9. The molecule has 15 nitrogen and oxygen atoms in total. The molecule has 36 heavy (non-hydrogen) atoms. The predicted molar refractivity (Wildman–Crippen MR) is 131 cm³/mol. The largest absolute Gasteiger partial charge is 0.480 e. The van der Waals surface area contributed by atoms with Gasteiger partial charge in [0, 0.05) is 13.0 Å². The Morgan fingerprint density at radius 2 is 1.47 bits per heavy atom. The van der Waals surface area contributed by atoms with Crippen LogP contribution in [0.25, 0.3) is 0 Å². The number of guanidine groups is 1. The Morgan fingerprint density at radius 1 is 0.889 bits per heavy atom. The molecule has 0 aliphatic carbocycles. The Hall–Kier alpha value is -3.46. The van der Waals surface area contributed by atoms with Gasteiger partial charge in [-0.2, -0.15) is 0 Å². The van der Waals surface area contributed by atoms with Crippen molar-refractivity contribution in [3.05, 3.63) is 0 Å². The van der Waals surface area contributed by atoms with E-state index >= 15 is 0 Å². The van der Waals surface area contributed by atoms with Crippen LogP contribution in [-0.4, -0.2) is 82.6 Å². The summed E-state index contributed by atoms with van der Waals surface area (Å²) in [5, 5.41) is 26.3. The summed E-state index contributed by atoms with van der Waals surface area (Å²) in [4.78, 5) is 64.9. The van der Waals surface area contributed by atoms with Gasteiger partial charge in [0.05, 0.1) is 6.10 Å². The summed E-state index contributed by atoms with van der Waals surface area (Å²) >= 11 is 0. The van der Waals surface area contributed by atoms with Crippen LogP contribution in [0.3, 0.4) is 0 Å². The average Bonchev–Trinajstić information content (AvgIpc) is 2.79. The summed E-state index contributed by atoms with van der Waals surface area (Å²) in [6.45, 7) is 4.92. The summed E-state index contributed by atoms with van der Waals surface area (Å²) in [5.41, 5.74) is 21.2. The third-order valence-electron chi connectivity index (χ3n) is 5.49. The molecule has 0 aliphatic heterocycles. The minimum atomic E-state index is -1.34. The van der Waals surface area contributed by atoms with Crippen LogP contribution in [0.1, 0.15) is 52.9 Å². The third-order valence-corrected chi connectivity index (χ3v) is 5.49. The van der Waals surface area contributed by atoms with Gasteiger partial charge in [-0.25, -0.2) is 4.79 Å². The van der Waals surface area contributed by atoms with Crippen molar-refractivity contribution in [2.45, 2.75) is 83.1 Å².